The molecule has 2 heterocycles. The number of nitrogens with one attached hydrogen (secondary N) is 1. The maximum Gasteiger partial charge on any atom is 0.321 e. The summed E-state index contributed by atoms with van der Waals surface area (Å²) in [7, 11) is 0. The van der Waals surface area contributed by atoms with E-state index in [9.17, 15) is 4.79 Å². The maximum atomic E-state index is 12.4. The highest BCUT2D eigenvalue weighted by atomic mass is 35.5. The van der Waals surface area contributed by atoms with E-state index in [1.165, 1.54) is 5.57 Å². The number of nitrogens with zero attached hydrogens (tertiary/aromatic N) is 2. The van der Waals surface area contributed by atoms with E-state index in [1.54, 1.807) is 18.5 Å². The summed E-state index contributed by atoms with van der Waals surface area (Å²) < 4.78 is 0. The number of carbonyl (C=O) groups excluding carboxylic acids is 1. The lowest BCUT2D eigenvalue weighted by molar-refractivity contribution is 0.198. The largest absolute Gasteiger partial charge is 0.324 e. The molecule has 0 saturated carbocycles. The summed E-state index contributed by atoms with van der Waals surface area (Å²) >= 11 is 5.93. The van der Waals surface area contributed by atoms with Gasteiger partial charge in [-0.2, -0.15) is 0 Å². The highest BCUT2D eigenvalue weighted by Gasteiger charge is 2.24. The number of aromatic nitrogens is 1. The van der Waals surface area contributed by atoms with E-state index in [1.807, 2.05) is 35.2 Å². The number of urea groups is 1. The average Bonchev–Trinajstić information content (AvgIpc) is 2.59. The topological polar surface area (TPSA) is 45.2 Å². The van der Waals surface area contributed by atoms with E-state index < -0.39 is 0 Å². The molecule has 1 aromatic carbocycles. The van der Waals surface area contributed by atoms with Crippen LogP contribution in [0.2, 0.25) is 5.02 Å². The van der Waals surface area contributed by atoms with E-state index in [-0.39, 0.29) is 6.03 Å². The number of piperidine rings is 1. The van der Waals surface area contributed by atoms with Crippen LogP contribution in [0.5, 0.6) is 0 Å². The molecule has 124 valence electrons. The molecule has 5 heteroatoms. The molecule has 1 aliphatic rings. The summed E-state index contributed by atoms with van der Waals surface area (Å²) in [5, 5.41) is 3.64. The summed E-state index contributed by atoms with van der Waals surface area (Å²) in [4.78, 5) is 18.2. The van der Waals surface area contributed by atoms with Gasteiger partial charge in [0.15, 0.2) is 0 Å². The first-order valence-corrected chi connectivity index (χ1v) is 8.41. The lowest BCUT2D eigenvalue weighted by Crippen LogP contribution is -2.42. The molecule has 1 atom stereocenters. The van der Waals surface area contributed by atoms with Gasteiger partial charge in [-0.1, -0.05) is 42.3 Å². The van der Waals surface area contributed by atoms with E-state index in [4.69, 9.17) is 11.6 Å². The third kappa shape index (κ3) is 4.15. The fourth-order valence-corrected chi connectivity index (χ4v) is 2.99. The molecule has 4 nitrogen and oxygen atoms in total. The van der Waals surface area contributed by atoms with E-state index in [0.717, 1.165) is 29.2 Å². The molecule has 24 heavy (non-hydrogen) atoms. The van der Waals surface area contributed by atoms with E-state index >= 15 is 0 Å². The highest BCUT2D eigenvalue weighted by molar-refractivity contribution is 6.30. The van der Waals surface area contributed by atoms with Crippen molar-refractivity contribution in [2.24, 2.45) is 5.92 Å². The van der Waals surface area contributed by atoms with Crippen LogP contribution in [0.25, 0.3) is 6.08 Å². The Hall–Kier alpha value is -2.33. The molecule has 2 aromatic rings. The lowest BCUT2D eigenvalue weighted by Gasteiger charge is -2.33. The van der Waals surface area contributed by atoms with Crippen molar-refractivity contribution in [3.8, 4) is 0 Å². The molecule has 1 N–H and O–H groups in total. The van der Waals surface area contributed by atoms with Gasteiger partial charge in [0.25, 0.3) is 0 Å². The van der Waals surface area contributed by atoms with Crippen molar-refractivity contribution in [3.63, 3.8) is 0 Å². The molecule has 3 rings (SSSR count). The second-order valence-electron chi connectivity index (χ2n) is 6.04. The summed E-state index contributed by atoms with van der Waals surface area (Å²) in [6, 6.07) is 11.4. The van der Waals surface area contributed by atoms with Crippen LogP contribution in [0.4, 0.5) is 10.5 Å². The first-order chi connectivity index (χ1) is 11.6. The predicted molar refractivity (Wildman–Crippen MR) is 98.0 cm³/mol. The molecule has 1 fully saturated rings. The summed E-state index contributed by atoms with van der Waals surface area (Å²) in [5.41, 5.74) is 3.23. The van der Waals surface area contributed by atoms with Gasteiger partial charge < -0.3 is 10.2 Å². The van der Waals surface area contributed by atoms with Crippen molar-refractivity contribution in [2.45, 2.75) is 13.3 Å². The zero-order valence-electron chi connectivity index (χ0n) is 13.6. The molecule has 1 aromatic heterocycles. The number of carbonyl (C=O) groups is 1. The molecule has 1 saturated heterocycles. The standard InChI is InChI=1S/C19H20ClN3O/c1-14-13-23(19(24)22-18-3-2-9-21-12-18)10-8-16(14)11-15-4-6-17(20)7-5-15/h2-7,9,11-12,14H,8,10,13H2,1H3,(H,22,24)/b16-11+. The Kier molecular flexibility index (Phi) is 5.16. The quantitative estimate of drug-likeness (QED) is 0.861. The highest BCUT2D eigenvalue weighted by Crippen LogP contribution is 2.25. The van der Waals surface area contributed by atoms with Crippen molar-refractivity contribution in [1.29, 1.82) is 0 Å². The Labute approximate surface area is 147 Å². The molecule has 0 radical (unpaired) electrons. The van der Waals surface area contributed by atoms with Gasteiger partial charge in [-0.15, -0.1) is 0 Å². The number of anilines is 1. The summed E-state index contributed by atoms with van der Waals surface area (Å²) in [6.07, 6.45) is 6.42. The number of halogens is 1. The number of benzene rings is 1. The smallest absolute Gasteiger partial charge is 0.321 e. The molecule has 1 aliphatic heterocycles. The van der Waals surface area contributed by atoms with Crippen molar-refractivity contribution in [2.75, 3.05) is 18.4 Å². The van der Waals surface area contributed by atoms with E-state index in [0.29, 0.717) is 12.5 Å². The van der Waals surface area contributed by atoms with Crippen LogP contribution in [0.15, 0.2) is 54.4 Å². The molecular weight excluding hydrogens is 322 g/mol. The number of pyridine rings is 1. The Morgan fingerprint density at radius 2 is 2.12 bits per heavy atom. The zero-order valence-corrected chi connectivity index (χ0v) is 14.3. The van der Waals surface area contributed by atoms with Crippen LogP contribution in [-0.2, 0) is 0 Å². The van der Waals surface area contributed by atoms with Crippen LogP contribution in [0.3, 0.4) is 0 Å². The molecule has 1 unspecified atom stereocenters. The van der Waals surface area contributed by atoms with Crippen LogP contribution < -0.4 is 5.32 Å². The molecule has 0 spiro atoms. The third-order valence-corrected chi connectivity index (χ3v) is 4.47. The summed E-state index contributed by atoms with van der Waals surface area (Å²) in [6.45, 7) is 3.59. The van der Waals surface area contributed by atoms with Crippen molar-refractivity contribution in [1.82, 2.24) is 9.88 Å². The van der Waals surface area contributed by atoms with Crippen LogP contribution >= 0.6 is 11.6 Å². The average molecular weight is 342 g/mol. The predicted octanol–water partition coefficient (Wildman–Crippen LogP) is 4.69. The molecular formula is C19H20ClN3O. The van der Waals surface area contributed by atoms with Gasteiger partial charge in [-0.05, 0) is 42.2 Å². The van der Waals surface area contributed by atoms with Crippen LogP contribution in [-0.4, -0.2) is 29.0 Å². The van der Waals surface area contributed by atoms with Crippen LogP contribution in [0.1, 0.15) is 18.9 Å². The van der Waals surface area contributed by atoms with Gasteiger partial charge in [0.1, 0.15) is 0 Å². The van der Waals surface area contributed by atoms with Gasteiger partial charge in [0.05, 0.1) is 11.9 Å². The van der Waals surface area contributed by atoms with Crippen molar-refractivity contribution < 1.29 is 4.79 Å². The van der Waals surface area contributed by atoms with Gasteiger partial charge in [0, 0.05) is 24.3 Å². The molecule has 2 amide bonds. The number of hydrogen-bond donors (Lipinski definition) is 1. The monoisotopic (exact) mass is 341 g/mol. The minimum absolute atomic E-state index is 0.0691. The Balaban J connectivity index is 1.62. The number of amides is 2. The maximum absolute atomic E-state index is 12.4. The number of rotatable bonds is 2. The second-order valence-corrected chi connectivity index (χ2v) is 6.48. The van der Waals surface area contributed by atoms with Gasteiger partial charge in [-0.3, -0.25) is 4.98 Å². The molecule has 0 aliphatic carbocycles. The lowest BCUT2D eigenvalue weighted by atomic mass is 9.91. The molecule has 0 bridgehead atoms. The normalized spacial score (nSPS) is 19.3. The third-order valence-electron chi connectivity index (χ3n) is 4.22. The second kappa shape index (κ2) is 7.49. The van der Waals surface area contributed by atoms with Crippen LogP contribution in [0, 0.1) is 5.92 Å². The van der Waals surface area contributed by atoms with Gasteiger partial charge in [0.2, 0.25) is 0 Å². The first-order valence-electron chi connectivity index (χ1n) is 8.04. The summed E-state index contributed by atoms with van der Waals surface area (Å²) in [5.74, 6) is 0.328. The first kappa shape index (κ1) is 16.5. The number of hydrogen-bond acceptors (Lipinski definition) is 2. The van der Waals surface area contributed by atoms with E-state index in [2.05, 4.69) is 23.3 Å². The minimum Gasteiger partial charge on any atom is -0.324 e. The zero-order chi connectivity index (χ0) is 16.9. The Bertz CT molecular complexity index is 728. The Morgan fingerprint density at radius 1 is 1.33 bits per heavy atom. The fraction of sp³-hybridized carbons (Fsp3) is 0.263. The van der Waals surface area contributed by atoms with Crippen molar-refractivity contribution >= 4 is 29.4 Å². The fourth-order valence-electron chi connectivity index (χ4n) is 2.86. The number of likely N-dealkylation sites (tertiary alicyclic amines) is 1. The minimum atomic E-state index is -0.0691. The Morgan fingerprint density at radius 3 is 2.79 bits per heavy atom. The van der Waals surface area contributed by atoms with Gasteiger partial charge in [-0.25, -0.2) is 4.79 Å². The van der Waals surface area contributed by atoms with Crippen molar-refractivity contribution in [3.05, 3.63) is 65.0 Å². The van der Waals surface area contributed by atoms with Gasteiger partial charge >= 0.3 is 6.03 Å². The SMILES string of the molecule is CC1CN(C(=O)Nc2cccnc2)CC/C1=C\c1ccc(Cl)cc1.